The average Bonchev–Trinajstić information content (AvgIpc) is 4.14. The van der Waals surface area contributed by atoms with Gasteiger partial charge in [-0.2, -0.15) is 10.5 Å². The molecule has 2 heterocycles. The highest BCUT2D eigenvalue weighted by atomic mass is 16.1. The van der Waals surface area contributed by atoms with E-state index >= 15 is 0 Å². The number of fused-ring (bicyclic) bond motifs is 2. The topological polar surface area (TPSA) is 131 Å². The first kappa shape index (κ1) is 31.6. The van der Waals surface area contributed by atoms with Gasteiger partial charge >= 0.3 is 0 Å². The lowest BCUT2D eigenvalue weighted by atomic mass is 10.00. The fourth-order valence-electron chi connectivity index (χ4n) is 6.48. The van der Waals surface area contributed by atoms with Crippen LogP contribution in [0.5, 0.6) is 0 Å². The number of aromatic amines is 1. The third-order valence-corrected chi connectivity index (χ3v) is 9.74. The molecule has 2 saturated carbocycles. The van der Waals surface area contributed by atoms with E-state index in [1.165, 1.54) is 5.56 Å². The summed E-state index contributed by atoms with van der Waals surface area (Å²) in [7, 11) is 0. The Kier molecular flexibility index (Phi) is 8.06. The number of aromatic nitrogens is 4. The predicted molar refractivity (Wildman–Crippen MR) is 200 cm³/mol. The van der Waals surface area contributed by atoms with Crippen molar-refractivity contribution in [2.75, 3.05) is 5.32 Å². The number of hydrogen-bond acceptors (Lipinski definition) is 7. The summed E-state index contributed by atoms with van der Waals surface area (Å²) < 4.78 is 0. The van der Waals surface area contributed by atoms with Gasteiger partial charge in [-0.15, -0.1) is 0 Å². The maximum absolute atomic E-state index is 12.6. The van der Waals surface area contributed by atoms with E-state index < -0.39 is 10.8 Å². The van der Waals surface area contributed by atoms with E-state index in [0.29, 0.717) is 29.1 Å². The van der Waals surface area contributed by atoms with Gasteiger partial charge in [-0.3, -0.25) is 4.79 Å². The number of nitriles is 2. The zero-order chi connectivity index (χ0) is 34.8. The summed E-state index contributed by atoms with van der Waals surface area (Å²) in [5.41, 5.74) is 5.45. The van der Waals surface area contributed by atoms with Gasteiger partial charge < -0.3 is 10.3 Å². The van der Waals surface area contributed by atoms with Crippen molar-refractivity contribution >= 4 is 27.6 Å². The van der Waals surface area contributed by atoms with Crippen LogP contribution < -0.4 is 10.9 Å². The van der Waals surface area contributed by atoms with Gasteiger partial charge in [0, 0.05) is 6.54 Å². The maximum Gasteiger partial charge on any atom is 0.259 e. The Morgan fingerprint density at radius 3 is 1.69 bits per heavy atom. The SMILES string of the molecule is N#CC1(c2nc(NCc3ccccc3)c3c(-c4ccccc4)cccc3n2)CC1.N#CC1(c2nc3cccc(-c4ccccc4)c3c(=O)[nH]2)CC1. The summed E-state index contributed by atoms with van der Waals surface area (Å²) in [5, 5.41) is 24.0. The van der Waals surface area contributed by atoms with Crippen LogP contribution in [-0.2, 0) is 17.4 Å². The Balaban J connectivity index is 0.000000152. The molecule has 2 aliphatic carbocycles. The molecule has 8 heteroatoms. The summed E-state index contributed by atoms with van der Waals surface area (Å²) in [6.45, 7) is 0.662. The smallest absolute Gasteiger partial charge is 0.259 e. The first-order valence-electron chi connectivity index (χ1n) is 17.1. The van der Waals surface area contributed by atoms with Crippen LogP contribution in [-0.4, -0.2) is 19.9 Å². The van der Waals surface area contributed by atoms with Gasteiger partial charge in [0.15, 0.2) is 5.82 Å². The van der Waals surface area contributed by atoms with Crippen LogP contribution in [0.3, 0.4) is 0 Å². The van der Waals surface area contributed by atoms with Crippen LogP contribution in [0.15, 0.2) is 132 Å². The first-order chi connectivity index (χ1) is 25.0. The molecule has 2 N–H and O–H groups in total. The zero-order valence-electron chi connectivity index (χ0n) is 27.8. The van der Waals surface area contributed by atoms with Crippen molar-refractivity contribution in [1.82, 2.24) is 19.9 Å². The molecule has 0 bridgehead atoms. The molecule has 0 spiro atoms. The summed E-state index contributed by atoms with van der Waals surface area (Å²) in [4.78, 5) is 29.6. The Morgan fingerprint density at radius 2 is 1.14 bits per heavy atom. The minimum absolute atomic E-state index is 0.180. The predicted octanol–water partition coefficient (Wildman–Crippen LogP) is 8.61. The molecular formula is C43H33N7O. The largest absolute Gasteiger partial charge is 0.365 e. The van der Waals surface area contributed by atoms with Crippen molar-refractivity contribution in [3.8, 4) is 34.4 Å². The molecule has 8 nitrogen and oxygen atoms in total. The number of H-pyrrole nitrogens is 1. The van der Waals surface area contributed by atoms with Crippen LogP contribution in [0.2, 0.25) is 0 Å². The minimum Gasteiger partial charge on any atom is -0.365 e. The Bertz CT molecular complexity index is 2530. The Morgan fingerprint density at radius 1 is 0.608 bits per heavy atom. The lowest BCUT2D eigenvalue weighted by molar-refractivity contribution is 0.799. The van der Waals surface area contributed by atoms with Gasteiger partial charge in [0.05, 0.1) is 33.9 Å². The minimum atomic E-state index is -0.587. The highest BCUT2D eigenvalue weighted by Crippen LogP contribution is 2.47. The fourth-order valence-corrected chi connectivity index (χ4v) is 6.48. The summed E-state index contributed by atoms with van der Waals surface area (Å²) in [6, 6.07) is 46.8. The molecule has 7 aromatic rings. The second kappa shape index (κ2) is 13.0. The highest BCUT2D eigenvalue weighted by Gasteiger charge is 2.49. The molecular weight excluding hydrogens is 631 g/mol. The van der Waals surface area contributed by atoms with E-state index in [4.69, 9.17) is 9.97 Å². The molecule has 0 aliphatic heterocycles. The number of nitrogens with one attached hydrogen (secondary N) is 2. The number of anilines is 1. The number of rotatable bonds is 7. The van der Waals surface area contributed by atoms with Gasteiger partial charge in [-0.05, 0) is 65.6 Å². The van der Waals surface area contributed by atoms with Crippen molar-refractivity contribution < 1.29 is 0 Å². The normalized spacial score (nSPS) is 14.8. The molecule has 9 rings (SSSR count). The summed E-state index contributed by atoms with van der Waals surface area (Å²) in [5.74, 6) is 1.92. The molecule has 2 fully saturated rings. The van der Waals surface area contributed by atoms with Gasteiger partial charge in [0.1, 0.15) is 22.5 Å². The second-order valence-electron chi connectivity index (χ2n) is 13.2. The molecule has 0 radical (unpaired) electrons. The van der Waals surface area contributed by atoms with Crippen molar-refractivity contribution in [1.29, 1.82) is 10.5 Å². The molecule has 2 aromatic heterocycles. The molecule has 0 atom stereocenters. The van der Waals surface area contributed by atoms with Crippen LogP contribution in [0.4, 0.5) is 5.82 Å². The zero-order valence-corrected chi connectivity index (χ0v) is 27.8. The highest BCUT2D eigenvalue weighted by molar-refractivity contribution is 6.02. The van der Waals surface area contributed by atoms with E-state index in [0.717, 1.165) is 64.7 Å². The van der Waals surface area contributed by atoms with Crippen molar-refractivity contribution in [2.45, 2.75) is 43.1 Å². The van der Waals surface area contributed by atoms with E-state index in [1.807, 2.05) is 97.1 Å². The van der Waals surface area contributed by atoms with Crippen LogP contribution >= 0.6 is 0 Å². The van der Waals surface area contributed by atoms with Gasteiger partial charge in [0.25, 0.3) is 5.56 Å². The lowest BCUT2D eigenvalue weighted by Gasteiger charge is -2.15. The molecule has 51 heavy (non-hydrogen) atoms. The van der Waals surface area contributed by atoms with Gasteiger partial charge in [-0.25, -0.2) is 15.0 Å². The van der Waals surface area contributed by atoms with Crippen LogP contribution in [0.1, 0.15) is 42.9 Å². The van der Waals surface area contributed by atoms with E-state index in [9.17, 15) is 15.3 Å². The van der Waals surface area contributed by atoms with Crippen molar-refractivity contribution in [3.05, 3.63) is 155 Å². The Hall–Kier alpha value is -6.64. The number of nitrogens with zero attached hydrogens (tertiary/aromatic N) is 5. The standard InChI is InChI=1S/C25H20N4.C18H13N3O/c26-17-25(14-15-25)24-28-21-13-7-12-20(19-10-5-2-6-11-19)22(21)23(29-24)27-16-18-8-3-1-4-9-18;19-11-18(9-10-18)17-20-14-8-4-7-13(15(14)16(22)21-17)12-5-2-1-3-6-12/h1-13H,14-16H2,(H,27,28,29);1-8H,9-10H2,(H,20,21,22). The number of hydrogen-bond donors (Lipinski definition) is 2. The molecule has 0 amide bonds. The monoisotopic (exact) mass is 663 g/mol. The average molecular weight is 664 g/mol. The van der Waals surface area contributed by atoms with E-state index in [2.05, 4.69) is 57.8 Å². The maximum atomic E-state index is 12.6. The molecule has 0 unspecified atom stereocenters. The fraction of sp³-hybridized carbons (Fsp3) is 0.163. The van der Waals surface area contributed by atoms with Gasteiger partial charge in [-0.1, -0.05) is 115 Å². The third-order valence-electron chi connectivity index (χ3n) is 9.74. The van der Waals surface area contributed by atoms with Crippen molar-refractivity contribution in [3.63, 3.8) is 0 Å². The summed E-state index contributed by atoms with van der Waals surface area (Å²) >= 11 is 0. The summed E-state index contributed by atoms with van der Waals surface area (Å²) in [6.07, 6.45) is 3.17. The lowest BCUT2D eigenvalue weighted by Crippen LogP contribution is -2.18. The molecule has 0 saturated heterocycles. The molecule has 246 valence electrons. The van der Waals surface area contributed by atoms with E-state index in [1.54, 1.807) is 0 Å². The van der Waals surface area contributed by atoms with Crippen LogP contribution in [0.25, 0.3) is 44.1 Å². The second-order valence-corrected chi connectivity index (χ2v) is 13.2. The number of benzene rings is 5. The molecule has 2 aliphatic rings. The van der Waals surface area contributed by atoms with E-state index in [-0.39, 0.29) is 5.56 Å². The first-order valence-corrected chi connectivity index (χ1v) is 17.1. The van der Waals surface area contributed by atoms with Crippen molar-refractivity contribution in [2.24, 2.45) is 0 Å². The third kappa shape index (κ3) is 6.09. The molecule has 5 aromatic carbocycles. The van der Waals surface area contributed by atoms with Crippen LogP contribution in [0, 0.1) is 22.7 Å². The quantitative estimate of drug-likeness (QED) is 0.175. The van der Waals surface area contributed by atoms with Gasteiger partial charge in [0.2, 0.25) is 0 Å². The Labute approximate surface area is 295 Å².